The Morgan fingerprint density at radius 3 is 2.40 bits per heavy atom. The quantitative estimate of drug-likeness (QED) is 0.0779. The van der Waals surface area contributed by atoms with E-state index in [0.717, 1.165) is 119 Å². The predicted octanol–water partition coefficient (Wildman–Crippen LogP) is 10.0. The fourth-order valence-corrected chi connectivity index (χ4v) is 12.5. The molecule has 0 spiro atoms. The topological polar surface area (TPSA) is 173 Å². The second-order valence-electron chi connectivity index (χ2n) is 22.5. The summed E-state index contributed by atoms with van der Waals surface area (Å²) in [6.45, 7) is 16.5. The van der Waals surface area contributed by atoms with Gasteiger partial charge in [0.15, 0.2) is 10.8 Å². The maximum Gasteiger partial charge on any atom is 0.358 e. The lowest BCUT2D eigenvalue weighted by atomic mass is 9.93. The van der Waals surface area contributed by atoms with E-state index >= 15 is 0 Å². The molecular weight excluding hydrogens is 1000 g/mol. The molecule has 1 saturated carbocycles. The molecule has 1 unspecified atom stereocenters. The van der Waals surface area contributed by atoms with Crippen LogP contribution in [0.15, 0.2) is 91.0 Å². The Bertz CT molecular complexity index is 3370. The average Bonchev–Trinajstić information content (AvgIpc) is 4.11. The number of esters is 1. The van der Waals surface area contributed by atoms with Crippen LogP contribution in [0.1, 0.15) is 115 Å². The van der Waals surface area contributed by atoms with E-state index in [1.807, 2.05) is 106 Å². The van der Waals surface area contributed by atoms with Gasteiger partial charge in [0, 0.05) is 81.5 Å². The monoisotopic (exact) mass is 1070 g/mol. The first-order chi connectivity index (χ1) is 37.6. The van der Waals surface area contributed by atoms with Gasteiger partial charge in [0.1, 0.15) is 17.2 Å². The molecule has 3 amide bonds. The molecular formula is C61H69N9O7S. The van der Waals surface area contributed by atoms with E-state index in [0.29, 0.717) is 67.0 Å². The van der Waals surface area contributed by atoms with Crippen LogP contribution in [0.25, 0.3) is 32.2 Å². The highest BCUT2D eigenvalue weighted by Crippen LogP contribution is 2.38. The predicted molar refractivity (Wildman–Crippen MR) is 305 cm³/mol. The van der Waals surface area contributed by atoms with Gasteiger partial charge in [-0.3, -0.25) is 34.6 Å². The van der Waals surface area contributed by atoms with Crippen molar-refractivity contribution in [3.63, 3.8) is 0 Å². The summed E-state index contributed by atoms with van der Waals surface area (Å²) < 4.78 is 22.2. The van der Waals surface area contributed by atoms with E-state index in [1.54, 1.807) is 0 Å². The van der Waals surface area contributed by atoms with E-state index in [2.05, 4.69) is 61.5 Å². The number of rotatable bonds is 14. The van der Waals surface area contributed by atoms with Crippen molar-refractivity contribution in [1.29, 1.82) is 0 Å². The fraction of sp³-hybridized carbons (Fsp3) is 0.426. The zero-order chi connectivity index (χ0) is 54.2. The van der Waals surface area contributed by atoms with Crippen LogP contribution in [0.5, 0.6) is 5.75 Å². The van der Waals surface area contributed by atoms with Gasteiger partial charge in [0.2, 0.25) is 11.8 Å². The van der Waals surface area contributed by atoms with Crippen LogP contribution in [0.3, 0.4) is 0 Å². The average molecular weight is 1070 g/mol. The smallest absolute Gasteiger partial charge is 0.358 e. The van der Waals surface area contributed by atoms with Crippen LogP contribution in [0.4, 0.5) is 16.6 Å². The SMILES string of the molecule is Cc1c(OC2CCC(OC[C@@H](C)CN3CCN(c4ccc5c(C6CCC(=O)NC6=O)nn(C)c5c4)CC3)CC2)cccc1-c1ccc(N2CCc3cccc(C(=O)Nc4nc5ccccc5s4)c3C2)nc1C(=O)OC(C)(C)C. The van der Waals surface area contributed by atoms with Crippen molar-refractivity contribution in [2.75, 3.05) is 61.0 Å². The molecule has 2 atom stereocenters. The molecule has 2 saturated heterocycles. The van der Waals surface area contributed by atoms with Gasteiger partial charge in [-0.05, 0) is 149 Å². The fourth-order valence-electron chi connectivity index (χ4n) is 11.6. The maximum atomic E-state index is 14.1. The van der Waals surface area contributed by atoms with Gasteiger partial charge in [-0.25, -0.2) is 14.8 Å². The number of piperazine rings is 1. The van der Waals surface area contributed by atoms with Crippen LogP contribution < -0.4 is 25.2 Å². The number of hydrogen-bond donors (Lipinski definition) is 2. The van der Waals surface area contributed by atoms with Crippen LogP contribution in [-0.2, 0) is 39.1 Å². The van der Waals surface area contributed by atoms with Crippen LogP contribution in [0, 0.1) is 12.8 Å². The second kappa shape index (κ2) is 22.3. The lowest BCUT2D eigenvalue weighted by molar-refractivity contribution is -0.134. The highest BCUT2D eigenvalue weighted by atomic mass is 32.1. The third kappa shape index (κ3) is 11.5. The molecule has 7 aromatic rings. The van der Waals surface area contributed by atoms with Gasteiger partial charge in [-0.1, -0.05) is 54.7 Å². The number of thiazole rings is 1. The Morgan fingerprint density at radius 1 is 0.833 bits per heavy atom. The number of nitrogens with zero attached hydrogens (tertiary/aromatic N) is 7. The Balaban J connectivity index is 0.684. The number of imide groups is 1. The second-order valence-corrected chi connectivity index (χ2v) is 23.5. The van der Waals surface area contributed by atoms with Gasteiger partial charge in [-0.15, -0.1) is 0 Å². The summed E-state index contributed by atoms with van der Waals surface area (Å²) in [5.41, 5.74) is 8.28. The van der Waals surface area contributed by atoms with Gasteiger partial charge in [-0.2, -0.15) is 5.10 Å². The third-order valence-corrected chi connectivity index (χ3v) is 16.6. The molecule has 78 heavy (non-hydrogen) atoms. The van der Waals surface area contributed by atoms with Crippen LogP contribution >= 0.6 is 11.3 Å². The summed E-state index contributed by atoms with van der Waals surface area (Å²) in [6, 6.07) is 30.0. The Morgan fingerprint density at radius 2 is 1.62 bits per heavy atom. The zero-order valence-electron chi connectivity index (χ0n) is 45.5. The minimum Gasteiger partial charge on any atom is -0.490 e. The molecule has 16 nitrogen and oxygen atoms in total. The van der Waals surface area contributed by atoms with Gasteiger partial charge in [0.05, 0.1) is 46.2 Å². The normalized spacial score (nSPS) is 19.6. The van der Waals surface area contributed by atoms with E-state index in [-0.39, 0.29) is 35.6 Å². The van der Waals surface area contributed by atoms with Crippen molar-refractivity contribution < 1.29 is 33.4 Å². The molecule has 1 aliphatic carbocycles. The van der Waals surface area contributed by atoms with E-state index in [9.17, 15) is 19.2 Å². The molecule has 0 radical (unpaired) electrons. The number of hydrogen-bond acceptors (Lipinski definition) is 14. The number of aryl methyl sites for hydroxylation is 1. The number of piperidine rings is 1. The number of ether oxygens (including phenoxy) is 3. The number of carbonyl (C=O) groups excluding carboxylic acids is 4. The number of benzene rings is 4. The number of nitrogens with one attached hydrogen (secondary N) is 2. The molecule has 4 aliphatic rings. The third-order valence-electron chi connectivity index (χ3n) is 15.7. The van der Waals surface area contributed by atoms with Crippen molar-refractivity contribution in [3.05, 3.63) is 125 Å². The molecule has 6 heterocycles. The first-order valence-corrected chi connectivity index (χ1v) is 28.4. The number of aromatic nitrogens is 4. The van der Waals surface area contributed by atoms with E-state index in [1.165, 1.54) is 11.3 Å². The Kier molecular flexibility index (Phi) is 15.1. The van der Waals surface area contributed by atoms with Crippen molar-refractivity contribution >= 4 is 72.8 Å². The number of para-hydroxylation sites is 1. The lowest BCUT2D eigenvalue weighted by Gasteiger charge is -2.37. The first-order valence-electron chi connectivity index (χ1n) is 27.5. The van der Waals surface area contributed by atoms with Gasteiger partial charge in [0.25, 0.3) is 5.91 Å². The van der Waals surface area contributed by atoms with Crippen molar-refractivity contribution in [2.24, 2.45) is 13.0 Å². The van der Waals surface area contributed by atoms with Crippen LogP contribution in [-0.4, -0.2) is 112 Å². The van der Waals surface area contributed by atoms with Crippen molar-refractivity contribution in [1.82, 2.24) is 30.0 Å². The van der Waals surface area contributed by atoms with E-state index in [4.69, 9.17) is 24.3 Å². The summed E-state index contributed by atoms with van der Waals surface area (Å²) in [7, 11) is 1.91. The summed E-state index contributed by atoms with van der Waals surface area (Å²) in [5, 5.41) is 11.8. The Hall–Kier alpha value is -7.21. The minimum absolute atomic E-state index is 0.0412. The molecule has 17 heteroatoms. The maximum absolute atomic E-state index is 14.1. The summed E-state index contributed by atoms with van der Waals surface area (Å²) in [5.74, 6) is 0.185. The number of pyridine rings is 1. The molecule has 0 bridgehead atoms. The van der Waals surface area contributed by atoms with Crippen LogP contribution in [0.2, 0.25) is 0 Å². The van der Waals surface area contributed by atoms with Gasteiger partial charge >= 0.3 is 5.97 Å². The van der Waals surface area contributed by atoms with E-state index < -0.39 is 17.5 Å². The highest BCUT2D eigenvalue weighted by Gasteiger charge is 2.33. The largest absolute Gasteiger partial charge is 0.490 e. The Labute approximate surface area is 459 Å². The van der Waals surface area contributed by atoms with Crippen molar-refractivity contribution in [2.45, 2.75) is 110 Å². The highest BCUT2D eigenvalue weighted by molar-refractivity contribution is 7.22. The standard InChI is InChI=1S/C61H69N9O7S/c1-37(34-68-29-31-69(32-30-68)40-17-22-46-50(33-40)67(6)66-55(46)47-24-26-54(71)64-58(47)73)36-75-41-18-20-42(21-19-41)76-51-15-10-12-43(38(51)2)44-23-25-53(63-56(44)59(74)77-61(3,4)5)70-28-27-39-11-9-13-45(48(39)35-70)57(72)65-60-62-49-14-7-8-16-52(49)78-60/h7-17,22-23,25,33,37,41-42,47H,18-21,24,26-32,34-36H2,1-6H3,(H,62,65,72)(H,64,71,73)/t37-,41?,42?,47?/m0/s1. The zero-order valence-corrected chi connectivity index (χ0v) is 46.3. The number of carbonyl (C=O) groups is 4. The summed E-state index contributed by atoms with van der Waals surface area (Å²) in [6.07, 6.45) is 5.37. The lowest BCUT2D eigenvalue weighted by Crippen LogP contribution is -2.48. The molecule has 3 fully saturated rings. The molecule has 11 rings (SSSR count). The number of fused-ring (bicyclic) bond motifs is 3. The molecule has 3 aliphatic heterocycles. The van der Waals surface area contributed by atoms with Crippen molar-refractivity contribution in [3.8, 4) is 16.9 Å². The molecule has 406 valence electrons. The molecule has 4 aromatic carbocycles. The first kappa shape index (κ1) is 52.8. The summed E-state index contributed by atoms with van der Waals surface area (Å²) in [4.78, 5) is 69.1. The summed E-state index contributed by atoms with van der Waals surface area (Å²) >= 11 is 1.45. The van der Waals surface area contributed by atoms with Gasteiger partial charge < -0.3 is 24.0 Å². The number of amides is 3. The number of anilines is 3. The molecule has 3 aromatic heterocycles. The molecule has 2 N–H and O–H groups in total. The minimum atomic E-state index is -0.742.